The van der Waals surface area contributed by atoms with Crippen molar-refractivity contribution in [3.63, 3.8) is 0 Å². The molecule has 0 atom stereocenters. The van der Waals surface area contributed by atoms with Crippen LogP contribution in [0.4, 0.5) is 22.7 Å². The summed E-state index contributed by atoms with van der Waals surface area (Å²) in [6.07, 6.45) is 0. The molecule has 18 heteroatoms. The maximum atomic E-state index is 8.67. The number of nitrogens with one attached hydrogen (secondary N) is 2. The summed E-state index contributed by atoms with van der Waals surface area (Å²) < 4.78 is 68.5. The first-order chi connectivity index (χ1) is 17.7. The number of rotatable bonds is 8. The summed E-state index contributed by atoms with van der Waals surface area (Å²) in [6.45, 7) is 12.4. The molecule has 0 unspecified atom stereocenters. The summed E-state index contributed by atoms with van der Waals surface area (Å²) in [5, 5.41) is 4.26. The molecule has 0 heterocycles. The predicted octanol–water partition coefficient (Wildman–Crippen LogP) is 2.92. The largest absolute Gasteiger partial charge is 0.399 e. The molecular weight excluding hydrogens is 564 g/mol. The van der Waals surface area contributed by atoms with Crippen molar-refractivity contribution in [3.05, 3.63) is 48.5 Å². The van der Waals surface area contributed by atoms with Gasteiger partial charge >= 0.3 is 0 Å². The van der Waals surface area contributed by atoms with Gasteiger partial charge in [-0.3, -0.25) is 27.3 Å². The standard InChI is InChI=1S/2C10H17N3.3H2O3S/c2*1-3-13(4-2)12-10-7-5-9(11)6-8-10;3*1-4(2)3/h2*5-8,12H,3-4,11H2,1-2H3;3*(H2,1,2,3). The number of anilines is 4. The Morgan fingerprint density at radius 3 is 0.895 bits per heavy atom. The van der Waals surface area contributed by atoms with Crippen molar-refractivity contribution in [2.45, 2.75) is 27.7 Å². The molecule has 0 aliphatic carbocycles. The molecule has 222 valence electrons. The molecule has 0 fully saturated rings. The molecule has 12 N–H and O–H groups in total. The molecule has 0 amide bonds. The summed E-state index contributed by atoms with van der Waals surface area (Å²) in [5.74, 6) is 0. The van der Waals surface area contributed by atoms with Gasteiger partial charge in [0.2, 0.25) is 0 Å². The molecular formula is C20H40N6O9S3. The van der Waals surface area contributed by atoms with E-state index < -0.39 is 34.1 Å². The average Bonchev–Trinajstić information content (AvgIpc) is 2.83. The first kappa shape index (κ1) is 40.3. The van der Waals surface area contributed by atoms with Gasteiger partial charge < -0.3 is 22.3 Å². The Hall–Kier alpha value is -2.23. The highest BCUT2D eigenvalue weighted by molar-refractivity contribution is 7.73. The Balaban J connectivity index is -0.000000457. The molecule has 2 aromatic rings. The van der Waals surface area contributed by atoms with Gasteiger partial charge in [-0.1, -0.05) is 27.7 Å². The van der Waals surface area contributed by atoms with Gasteiger partial charge in [-0.15, -0.1) is 0 Å². The van der Waals surface area contributed by atoms with E-state index in [-0.39, 0.29) is 0 Å². The maximum Gasteiger partial charge on any atom is 0.299 e. The summed E-state index contributed by atoms with van der Waals surface area (Å²) in [7, 11) is 0. The van der Waals surface area contributed by atoms with Gasteiger partial charge in [0.25, 0.3) is 34.1 Å². The summed E-state index contributed by atoms with van der Waals surface area (Å²) in [4.78, 5) is 0. The second-order valence-electron chi connectivity index (χ2n) is 6.50. The van der Waals surface area contributed by atoms with Crippen molar-refractivity contribution in [1.29, 1.82) is 0 Å². The third-order valence-electron chi connectivity index (χ3n) is 3.92. The smallest absolute Gasteiger partial charge is 0.299 e. The summed E-state index contributed by atoms with van der Waals surface area (Å²) >= 11 is -7.83. The third kappa shape index (κ3) is 31.8. The SMILES string of the molecule is CCN(CC)Nc1ccc(N)cc1.CCN(CC)Nc1ccc(N)cc1.O=S(O)O.O=S(O)O.O=S(O)O. The predicted molar refractivity (Wildman–Crippen MR) is 155 cm³/mol. The lowest BCUT2D eigenvalue weighted by atomic mass is 10.3. The van der Waals surface area contributed by atoms with Gasteiger partial charge in [0.05, 0.1) is 0 Å². The van der Waals surface area contributed by atoms with E-state index in [0.29, 0.717) is 0 Å². The van der Waals surface area contributed by atoms with Crippen molar-refractivity contribution >= 4 is 56.8 Å². The van der Waals surface area contributed by atoms with E-state index in [1.165, 1.54) is 0 Å². The number of benzene rings is 2. The number of nitrogens with two attached hydrogens (primary N) is 2. The van der Waals surface area contributed by atoms with E-state index in [2.05, 4.69) is 48.6 Å². The normalized spacial score (nSPS) is 9.87. The quantitative estimate of drug-likeness (QED) is 0.118. The molecule has 0 spiro atoms. The molecule has 0 radical (unpaired) electrons. The van der Waals surface area contributed by atoms with Crippen molar-refractivity contribution < 1.29 is 39.9 Å². The summed E-state index contributed by atoms with van der Waals surface area (Å²) in [6, 6.07) is 15.5. The molecule has 38 heavy (non-hydrogen) atoms. The van der Waals surface area contributed by atoms with Crippen molar-refractivity contribution in [3.8, 4) is 0 Å². The van der Waals surface area contributed by atoms with Crippen molar-refractivity contribution in [2.24, 2.45) is 0 Å². The van der Waals surface area contributed by atoms with Crippen LogP contribution in [0.3, 0.4) is 0 Å². The number of nitrogen functional groups attached to an aromatic ring is 2. The Bertz CT molecular complexity index is 793. The Kier molecular flexibility index (Phi) is 28.0. The van der Waals surface area contributed by atoms with E-state index in [1.807, 2.05) is 48.5 Å². The molecule has 0 aliphatic rings. The second-order valence-corrected chi connectivity index (χ2v) is 7.89. The first-order valence-electron chi connectivity index (χ1n) is 10.9. The lowest BCUT2D eigenvalue weighted by Crippen LogP contribution is -2.29. The van der Waals surface area contributed by atoms with E-state index in [4.69, 9.17) is 51.4 Å². The zero-order valence-electron chi connectivity index (χ0n) is 21.6. The molecule has 0 aliphatic heterocycles. The van der Waals surface area contributed by atoms with Gasteiger partial charge in [-0.25, -0.2) is 10.0 Å². The number of hydrogen-bond donors (Lipinski definition) is 10. The Morgan fingerprint density at radius 1 is 0.553 bits per heavy atom. The van der Waals surface area contributed by atoms with Crippen LogP contribution < -0.4 is 22.3 Å². The average molecular weight is 605 g/mol. The van der Waals surface area contributed by atoms with Crippen LogP contribution in [0, 0.1) is 0 Å². The number of hydrazine groups is 2. The van der Waals surface area contributed by atoms with E-state index in [0.717, 1.165) is 48.9 Å². The highest BCUT2D eigenvalue weighted by Gasteiger charge is 1.98. The highest BCUT2D eigenvalue weighted by atomic mass is 32.2. The minimum absolute atomic E-state index is 0.796. The first-order valence-corrected chi connectivity index (χ1v) is 14.0. The second kappa shape index (κ2) is 26.4. The third-order valence-corrected chi connectivity index (χ3v) is 3.92. The van der Waals surface area contributed by atoms with E-state index in [9.17, 15) is 0 Å². The van der Waals surface area contributed by atoms with Gasteiger partial charge in [-0.05, 0) is 48.5 Å². The number of nitrogens with zero attached hydrogens (tertiary/aromatic N) is 2. The van der Waals surface area contributed by atoms with Gasteiger partial charge in [0.15, 0.2) is 0 Å². The fourth-order valence-corrected chi connectivity index (χ4v) is 2.24. The van der Waals surface area contributed by atoms with E-state index >= 15 is 0 Å². The van der Waals surface area contributed by atoms with Crippen LogP contribution in [0.15, 0.2) is 48.5 Å². The fraction of sp³-hybridized carbons (Fsp3) is 0.400. The van der Waals surface area contributed by atoms with Gasteiger partial charge in [-0.2, -0.15) is 12.6 Å². The van der Waals surface area contributed by atoms with Crippen LogP contribution in [-0.2, 0) is 34.1 Å². The molecule has 0 saturated carbocycles. The topological polar surface area (TPSA) is 255 Å². The van der Waals surface area contributed by atoms with Crippen LogP contribution in [-0.4, -0.2) is 76.1 Å². The van der Waals surface area contributed by atoms with Gasteiger partial charge in [0.1, 0.15) is 0 Å². The van der Waals surface area contributed by atoms with E-state index in [1.54, 1.807) is 0 Å². The van der Waals surface area contributed by atoms with Crippen LogP contribution in [0.2, 0.25) is 0 Å². The molecule has 15 nitrogen and oxygen atoms in total. The van der Waals surface area contributed by atoms with Gasteiger partial charge in [0, 0.05) is 48.9 Å². The highest BCUT2D eigenvalue weighted by Crippen LogP contribution is 2.11. The minimum atomic E-state index is -2.61. The number of hydrogen-bond acceptors (Lipinski definition) is 9. The molecule has 2 aromatic carbocycles. The van der Waals surface area contributed by atoms with Crippen LogP contribution in [0.1, 0.15) is 27.7 Å². The van der Waals surface area contributed by atoms with Crippen LogP contribution in [0.5, 0.6) is 0 Å². The molecule has 0 bridgehead atoms. The zero-order chi connectivity index (χ0) is 30.1. The van der Waals surface area contributed by atoms with Crippen molar-refractivity contribution in [1.82, 2.24) is 10.0 Å². The summed E-state index contributed by atoms with van der Waals surface area (Å²) in [5.41, 5.74) is 21.5. The van der Waals surface area contributed by atoms with Crippen LogP contribution in [0.25, 0.3) is 0 Å². The lowest BCUT2D eigenvalue weighted by molar-refractivity contribution is 0.367. The maximum absolute atomic E-state index is 8.67. The molecule has 0 aromatic heterocycles. The molecule has 0 saturated heterocycles. The zero-order valence-corrected chi connectivity index (χ0v) is 24.1. The van der Waals surface area contributed by atoms with Crippen LogP contribution >= 0.6 is 0 Å². The minimum Gasteiger partial charge on any atom is -0.399 e. The monoisotopic (exact) mass is 604 g/mol. The lowest BCUT2D eigenvalue weighted by Gasteiger charge is -2.20. The molecule has 2 rings (SSSR count). The Morgan fingerprint density at radius 2 is 0.737 bits per heavy atom. The van der Waals surface area contributed by atoms with Crippen molar-refractivity contribution in [2.75, 3.05) is 48.5 Å². The Labute approximate surface area is 231 Å². The fourth-order valence-electron chi connectivity index (χ4n) is 2.24.